The number of ether oxygens (including phenoxy) is 4. The number of carbonyl (C=O) groups excluding carboxylic acids is 1. The average Bonchev–Trinajstić information content (AvgIpc) is 2.56. The fourth-order valence-electron chi connectivity index (χ4n) is 1.89. The van der Waals surface area contributed by atoms with E-state index in [0.29, 0.717) is 0 Å². The van der Waals surface area contributed by atoms with Crippen molar-refractivity contribution in [3.63, 3.8) is 0 Å². The Balaban J connectivity index is 2.08. The molecule has 6 atom stereocenters. The highest BCUT2D eigenvalue weighted by atomic mass is 16.8. The number of hydrogen-bond donors (Lipinski definition) is 1. The molecule has 0 spiro atoms. The molecule has 86 valence electrons. The van der Waals surface area contributed by atoms with Gasteiger partial charge in [0, 0.05) is 5.92 Å². The van der Waals surface area contributed by atoms with Gasteiger partial charge in [-0.25, -0.2) is 0 Å². The highest BCUT2D eigenvalue weighted by molar-refractivity contribution is 5.37. The summed E-state index contributed by atoms with van der Waals surface area (Å²) in [5.74, 6) is -0.210. The zero-order chi connectivity index (χ0) is 11.0. The zero-order valence-corrected chi connectivity index (χ0v) is 8.53. The van der Waals surface area contributed by atoms with Gasteiger partial charge in [-0.3, -0.25) is 4.79 Å². The molecule has 2 aliphatic rings. The van der Waals surface area contributed by atoms with E-state index < -0.39 is 18.7 Å². The highest BCUT2D eigenvalue weighted by Gasteiger charge is 2.49. The lowest BCUT2D eigenvalue weighted by Crippen LogP contribution is -2.52. The molecule has 2 saturated heterocycles. The number of carbonyl (C=O) groups is 1. The van der Waals surface area contributed by atoms with E-state index in [0.717, 1.165) is 0 Å². The van der Waals surface area contributed by atoms with Crippen LogP contribution in [-0.4, -0.2) is 42.7 Å². The molecule has 0 saturated carbocycles. The van der Waals surface area contributed by atoms with Crippen LogP contribution < -0.4 is 0 Å². The van der Waals surface area contributed by atoms with E-state index in [1.807, 2.05) is 0 Å². The van der Waals surface area contributed by atoms with Crippen molar-refractivity contribution in [2.45, 2.75) is 44.9 Å². The van der Waals surface area contributed by atoms with Crippen molar-refractivity contribution in [1.82, 2.24) is 0 Å². The Morgan fingerprint density at radius 2 is 2.00 bits per heavy atom. The molecule has 0 aromatic rings. The Morgan fingerprint density at radius 3 is 2.67 bits per heavy atom. The molecule has 0 aromatic heterocycles. The van der Waals surface area contributed by atoms with Gasteiger partial charge in [0.2, 0.25) is 6.29 Å². The van der Waals surface area contributed by atoms with Gasteiger partial charge in [-0.2, -0.15) is 0 Å². The van der Waals surface area contributed by atoms with Crippen LogP contribution in [0.3, 0.4) is 0 Å². The molecule has 0 aliphatic carbocycles. The van der Waals surface area contributed by atoms with Crippen LogP contribution in [-0.2, 0) is 23.7 Å². The monoisotopic (exact) mass is 218 g/mol. The minimum Gasteiger partial charge on any atom is -0.435 e. The van der Waals surface area contributed by atoms with Crippen LogP contribution in [0.25, 0.3) is 0 Å². The molecule has 3 unspecified atom stereocenters. The fourth-order valence-corrected chi connectivity index (χ4v) is 1.89. The molecule has 2 aliphatic heterocycles. The second kappa shape index (κ2) is 4.05. The molecule has 0 bridgehead atoms. The first kappa shape index (κ1) is 10.8. The van der Waals surface area contributed by atoms with E-state index in [1.54, 1.807) is 13.8 Å². The smallest absolute Gasteiger partial charge is 0.295 e. The Hall–Kier alpha value is -0.690. The minimum atomic E-state index is -0.979. The van der Waals surface area contributed by atoms with Crippen molar-refractivity contribution < 1.29 is 28.8 Å². The van der Waals surface area contributed by atoms with Crippen LogP contribution >= 0.6 is 0 Å². The summed E-state index contributed by atoms with van der Waals surface area (Å²) in [6, 6.07) is 0. The first-order chi connectivity index (χ1) is 7.13. The Morgan fingerprint density at radius 1 is 1.27 bits per heavy atom. The van der Waals surface area contributed by atoms with Crippen molar-refractivity contribution in [3.05, 3.63) is 0 Å². The van der Waals surface area contributed by atoms with Gasteiger partial charge in [-0.05, 0) is 6.92 Å². The average molecular weight is 218 g/mol. The third kappa shape index (κ3) is 1.85. The predicted octanol–water partition coefficient (Wildman–Crippen LogP) is -0.400. The fraction of sp³-hybridized carbons (Fsp3) is 0.889. The number of hydrogen-bond acceptors (Lipinski definition) is 6. The summed E-state index contributed by atoms with van der Waals surface area (Å²) in [5, 5.41) is 9.76. The standard InChI is InChI=1S/C9H14O6/c1-4-6(11)8(12-3-10)15-9-7(4)13-5(2)14-9/h3-9,11H,1-2H3/t4-,5?,6+,7?,8?,9+/m0/s1. The lowest BCUT2D eigenvalue weighted by atomic mass is 9.94. The van der Waals surface area contributed by atoms with E-state index in [1.165, 1.54) is 0 Å². The molecule has 0 aromatic carbocycles. The minimum absolute atomic E-state index is 0.210. The zero-order valence-electron chi connectivity index (χ0n) is 8.53. The van der Waals surface area contributed by atoms with Gasteiger partial charge in [0.15, 0.2) is 12.6 Å². The molecule has 6 heteroatoms. The van der Waals surface area contributed by atoms with Crippen molar-refractivity contribution >= 4 is 6.47 Å². The first-order valence-electron chi connectivity index (χ1n) is 4.87. The van der Waals surface area contributed by atoms with Crippen LogP contribution in [0.4, 0.5) is 0 Å². The predicted molar refractivity (Wildman–Crippen MR) is 46.4 cm³/mol. The SMILES string of the molecule is CC1OC2[C@H](O1)OC(OC=O)[C@H](O)[C@@H]2C. The molecular weight excluding hydrogens is 204 g/mol. The van der Waals surface area contributed by atoms with E-state index in [2.05, 4.69) is 4.74 Å². The van der Waals surface area contributed by atoms with Crippen LogP contribution in [0.1, 0.15) is 13.8 Å². The van der Waals surface area contributed by atoms with Gasteiger partial charge in [0.05, 0.1) is 0 Å². The second-order valence-electron chi connectivity index (χ2n) is 3.76. The molecule has 1 N–H and O–H groups in total. The summed E-state index contributed by atoms with van der Waals surface area (Å²) in [5.41, 5.74) is 0. The Bertz CT molecular complexity index is 243. The normalized spacial score (nSPS) is 49.8. The van der Waals surface area contributed by atoms with Crippen LogP contribution in [0.5, 0.6) is 0 Å². The summed E-state index contributed by atoms with van der Waals surface area (Å²) < 4.78 is 20.6. The maximum atomic E-state index is 10.2. The molecule has 2 fully saturated rings. The van der Waals surface area contributed by atoms with E-state index in [9.17, 15) is 9.90 Å². The van der Waals surface area contributed by atoms with Crippen molar-refractivity contribution in [1.29, 1.82) is 0 Å². The van der Waals surface area contributed by atoms with Crippen molar-refractivity contribution in [2.75, 3.05) is 0 Å². The lowest BCUT2D eigenvalue weighted by Gasteiger charge is -2.37. The third-order valence-electron chi connectivity index (χ3n) is 2.74. The van der Waals surface area contributed by atoms with Gasteiger partial charge in [0.1, 0.15) is 12.2 Å². The van der Waals surface area contributed by atoms with Crippen molar-refractivity contribution in [3.8, 4) is 0 Å². The summed E-state index contributed by atoms with van der Waals surface area (Å²) in [6.07, 6.45) is -3.15. The molecule has 0 radical (unpaired) electrons. The summed E-state index contributed by atoms with van der Waals surface area (Å²) in [7, 11) is 0. The number of rotatable bonds is 2. The van der Waals surface area contributed by atoms with E-state index in [4.69, 9.17) is 14.2 Å². The Labute approximate surface area is 87.1 Å². The third-order valence-corrected chi connectivity index (χ3v) is 2.74. The van der Waals surface area contributed by atoms with Crippen LogP contribution in [0.15, 0.2) is 0 Å². The number of fused-ring (bicyclic) bond motifs is 1. The molecule has 6 nitrogen and oxygen atoms in total. The highest BCUT2D eigenvalue weighted by Crippen LogP contribution is 2.34. The summed E-state index contributed by atoms with van der Waals surface area (Å²) in [6.45, 7) is 3.80. The van der Waals surface area contributed by atoms with Gasteiger partial charge in [-0.1, -0.05) is 6.92 Å². The van der Waals surface area contributed by atoms with Crippen molar-refractivity contribution in [2.24, 2.45) is 5.92 Å². The quantitative estimate of drug-likeness (QED) is 0.636. The first-order valence-corrected chi connectivity index (χ1v) is 4.87. The molecule has 15 heavy (non-hydrogen) atoms. The van der Waals surface area contributed by atoms with E-state index in [-0.39, 0.29) is 24.8 Å². The number of aliphatic hydroxyl groups is 1. The largest absolute Gasteiger partial charge is 0.435 e. The van der Waals surface area contributed by atoms with Gasteiger partial charge >= 0.3 is 0 Å². The number of aliphatic hydroxyl groups excluding tert-OH is 1. The molecule has 0 amide bonds. The maximum Gasteiger partial charge on any atom is 0.295 e. The molecular formula is C9H14O6. The second-order valence-corrected chi connectivity index (χ2v) is 3.76. The van der Waals surface area contributed by atoms with Crippen LogP contribution in [0.2, 0.25) is 0 Å². The summed E-state index contributed by atoms with van der Waals surface area (Å²) >= 11 is 0. The summed E-state index contributed by atoms with van der Waals surface area (Å²) in [4.78, 5) is 10.2. The van der Waals surface area contributed by atoms with E-state index >= 15 is 0 Å². The van der Waals surface area contributed by atoms with Gasteiger partial charge in [-0.15, -0.1) is 0 Å². The molecule has 2 heterocycles. The van der Waals surface area contributed by atoms with Gasteiger partial charge in [0.25, 0.3) is 6.47 Å². The maximum absolute atomic E-state index is 10.2. The topological polar surface area (TPSA) is 74.2 Å². The van der Waals surface area contributed by atoms with Gasteiger partial charge < -0.3 is 24.1 Å². The molecule has 2 rings (SSSR count). The lowest BCUT2D eigenvalue weighted by molar-refractivity contribution is -0.293. The van der Waals surface area contributed by atoms with Crippen LogP contribution in [0, 0.1) is 5.92 Å². The Kier molecular flexibility index (Phi) is 2.92.